The van der Waals surface area contributed by atoms with Gasteiger partial charge in [-0.2, -0.15) is 4.68 Å². The second-order valence-electron chi connectivity index (χ2n) is 3.22. The molecule has 0 aliphatic heterocycles. The minimum absolute atomic E-state index is 0.195. The molecule has 0 aliphatic carbocycles. The van der Waals surface area contributed by atoms with E-state index in [1.807, 2.05) is 31.2 Å². The highest BCUT2D eigenvalue weighted by Gasteiger charge is 2.11. The van der Waals surface area contributed by atoms with Gasteiger partial charge in [0.15, 0.2) is 5.82 Å². The fourth-order valence-electron chi connectivity index (χ4n) is 1.27. The Morgan fingerprint density at radius 1 is 1.47 bits per heavy atom. The van der Waals surface area contributed by atoms with Crippen molar-refractivity contribution in [2.75, 3.05) is 0 Å². The van der Waals surface area contributed by atoms with Crippen molar-refractivity contribution in [3.8, 4) is 5.69 Å². The first-order chi connectivity index (χ1) is 7.18. The molecule has 0 bridgehead atoms. The number of aromatic nitrogens is 4. The van der Waals surface area contributed by atoms with E-state index >= 15 is 0 Å². The summed E-state index contributed by atoms with van der Waals surface area (Å²) in [6.07, 6.45) is 0. The molecule has 1 atom stereocenters. The highest BCUT2D eigenvalue weighted by Crippen LogP contribution is 2.16. The van der Waals surface area contributed by atoms with Gasteiger partial charge in [0.2, 0.25) is 0 Å². The van der Waals surface area contributed by atoms with E-state index < -0.39 is 0 Å². The fourth-order valence-corrected chi connectivity index (χ4v) is 1.66. The van der Waals surface area contributed by atoms with Crippen LogP contribution >= 0.6 is 15.9 Å². The van der Waals surface area contributed by atoms with E-state index in [0.29, 0.717) is 5.82 Å². The van der Waals surface area contributed by atoms with Crippen molar-refractivity contribution >= 4 is 15.9 Å². The summed E-state index contributed by atoms with van der Waals surface area (Å²) in [5.74, 6) is 0.646. The lowest BCUT2D eigenvalue weighted by Crippen LogP contribution is -2.13. The van der Waals surface area contributed by atoms with Gasteiger partial charge in [0.05, 0.1) is 11.7 Å². The van der Waals surface area contributed by atoms with Crippen LogP contribution in [0.25, 0.3) is 5.69 Å². The summed E-state index contributed by atoms with van der Waals surface area (Å²) in [6.45, 7) is 1.85. The number of tetrazole rings is 1. The third-order valence-electron chi connectivity index (χ3n) is 1.95. The van der Waals surface area contributed by atoms with Crippen LogP contribution in [0.2, 0.25) is 0 Å². The molecule has 0 saturated carbocycles. The van der Waals surface area contributed by atoms with E-state index in [2.05, 4.69) is 31.5 Å². The van der Waals surface area contributed by atoms with Crippen LogP contribution in [0.15, 0.2) is 28.7 Å². The van der Waals surface area contributed by atoms with Crippen LogP contribution in [-0.4, -0.2) is 20.2 Å². The van der Waals surface area contributed by atoms with Gasteiger partial charge in [0, 0.05) is 4.47 Å². The van der Waals surface area contributed by atoms with E-state index in [1.54, 1.807) is 4.68 Å². The molecule has 0 saturated heterocycles. The molecule has 1 aromatic carbocycles. The SMILES string of the molecule is C[C@@H](N)c1nnnn1-c1cccc(Br)c1. The normalized spacial score (nSPS) is 12.7. The summed E-state index contributed by atoms with van der Waals surface area (Å²) in [4.78, 5) is 0. The van der Waals surface area contributed by atoms with Gasteiger partial charge < -0.3 is 5.73 Å². The molecule has 2 aromatic rings. The summed E-state index contributed by atoms with van der Waals surface area (Å²) in [5.41, 5.74) is 6.65. The number of nitrogens with zero attached hydrogens (tertiary/aromatic N) is 4. The van der Waals surface area contributed by atoms with Gasteiger partial charge in [-0.05, 0) is 35.5 Å². The Balaban J connectivity index is 2.49. The molecule has 78 valence electrons. The quantitative estimate of drug-likeness (QED) is 0.894. The first-order valence-electron chi connectivity index (χ1n) is 4.48. The molecule has 1 aromatic heterocycles. The van der Waals surface area contributed by atoms with Crippen LogP contribution in [0.3, 0.4) is 0 Å². The van der Waals surface area contributed by atoms with E-state index in [1.165, 1.54) is 0 Å². The Labute approximate surface area is 95.4 Å². The first-order valence-corrected chi connectivity index (χ1v) is 5.27. The maximum Gasteiger partial charge on any atom is 0.173 e. The van der Waals surface area contributed by atoms with Crippen LogP contribution in [0.1, 0.15) is 18.8 Å². The standard InChI is InChI=1S/C9H10BrN5/c1-6(11)9-12-13-14-15(9)8-4-2-3-7(10)5-8/h2-6H,11H2,1H3/t6-/m1/s1. The molecule has 0 spiro atoms. The first kappa shape index (κ1) is 10.3. The molecular formula is C9H10BrN5. The van der Waals surface area contributed by atoms with Crippen molar-refractivity contribution in [1.29, 1.82) is 0 Å². The van der Waals surface area contributed by atoms with Gasteiger partial charge in [-0.25, -0.2) is 0 Å². The zero-order valence-electron chi connectivity index (χ0n) is 8.13. The van der Waals surface area contributed by atoms with Gasteiger partial charge in [-0.1, -0.05) is 22.0 Å². The van der Waals surface area contributed by atoms with E-state index in [9.17, 15) is 0 Å². The van der Waals surface area contributed by atoms with Gasteiger partial charge >= 0.3 is 0 Å². The molecule has 15 heavy (non-hydrogen) atoms. The molecule has 0 unspecified atom stereocenters. The van der Waals surface area contributed by atoms with Crippen LogP contribution < -0.4 is 5.73 Å². The summed E-state index contributed by atoms with van der Waals surface area (Å²) < 4.78 is 2.61. The number of hydrogen-bond acceptors (Lipinski definition) is 4. The van der Waals surface area contributed by atoms with Crippen molar-refractivity contribution in [2.24, 2.45) is 5.73 Å². The second-order valence-corrected chi connectivity index (χ2v) is 4.13. The zero-order chi connectivity index (χ0) is 10.8. The van der Waals surface area contributed by atoms with Crippen molar-refractivity contribution in [2.45, 2.75) is 13.0 Å². The average Bonchev–Trinajstić information content (AvgIpc) is 2.65. The lowest BCUT2D eigenvalue weighted by Gasteiger charge is -2.06. The number of benzene rings is 1. The lowest BCUT2D eigenvalue weighted by atomic mass is 10.3. The van der Waals surface area contributed by atoms with Crippen molar-refractivity contribution in [1.82, 2.24) is 20.2 Å². The topological polar surface area (TPSA) is 69.6 Å². The van der Waals surface area contributed by atoms with Crippen LogP contribution in [0.4, 0.5) is 0 Å². The molecule has 0 fully saturated rings. The third-order valence-corrected chi connectivity index (χ3v) is 2.45. The second kappa shape index (κ2) is 4.08. The highest BCUT2D eigenvalue weighted by atomic mass is 79.9. The maximum atomic E-state index is 5.76. The third kappa shape index (κ3) is 2.05. The number of halogens is 1. The average molecular weight is 268 g/mol. The smallest absolute Gasteiger partial charge is 0.173 e. The van der Waals surface area contributed by atoms with Crippen molar-refractivity contribution in [3.63, 3.8) is 0 Å². The number of nitrogens with two attached hydrogens (primary N) is 1. The predicted octanol–water partition coefficient (Wildman–Crippen LogP) is 1.44. The Morgan fingerprint density at radius 2 is 2.27 bits per heavy atom. The van der Waals surface area contributed by atoms with Gasteiger partial charge in [0.25, 0.3) is 0 Å². The van der Waals surface area contributed by atoms with Gasteiger partial charge in [-0.15, -0.1) is 5.10 Å². The summed E-state index contributed by atoms with van der Waals surface area (Å²) >= 11 is 3.40. The van der Waals surface area contributed by atoms with Crippen molar-refractivity contribution in [3.05, 3.63) is 34.6 Å². The summed E-state index contributed by atoms with van der Waals surface area (Å²) in [7, 11) is 0. The van der Waals surface area contributed by atoms with E-state index in [-0.39, 0.29) is 6.04 Å². The molecular weight excluding hydrogens is 258 g/mol. The molecule has 1 heterocycles. The molecule has 0 amide bonds. The van der Waals surface area contributed by atoms with Gasteiger partial charge in [-0.3, -0.25) is 0 Å². The molecule has 2 rings (SSSR count). The minimum atomic E-state index is -0.195. The molecule has 2 N–H and O–H groups in total. The monoisotopic (exact) mass is 267 g/mol. The Hall–Kier alpha value is -1.27. The summed E-state index contributed by atoms with van der Waals surface area (Å²) in [5, 5.41) is 11.4. The number of hydrogen-bond donors (Lipinski definition) is 1. The van der Waals surface area contributed by atoms with Gasteiger partial charge in [0.1, 0.15) is 0 Å². The minimum Gasteiger partial charge on any atom is -0.321 e. The van der Waals surface area contributed by atoms with Crippen LogP contribution in [-0.2, 0) is 0 Å². The number of rotatable bonds is 2. The van der Waals surface area contributed by atoms with Crippen LogP contribution in [0.5, 0.6) is 0 Å². The maximum absolute atomic E-state index is 5.76. The fraction of sp³-hybridized carbons (Fsp3) is 0.222. The van der Waals surface area contributed by atoms with E-state index in [4.69, 9.17) is 5.73 Å². The molecule has 6 heteroatoms. The largest absolute Gasteiger partial charge is 0.321 e. The highest BCUT2D eigenvalue weighted by molar-refractivity contribution is 9.10. The zero-order valence-corrected chi connectivity index (χ0v) is 9.72. The molecule has 0 aliphatic rings. The Morgan fingerprint density at radius 3 is 2.93 bits per heavy atom. The molecule has 5 nitrogen and oxygen atoms in total. The molecule has 0 radical (unpaired) electrons. The van der Waals surface area contributed by atoms with E-state index in [0.717, 1.165) is 10.2 Å². The van der Waals surface area contributed by atoms with Crippen LogP contribution in [0, 0.1) is 0 Å². The predicted molar refractivity (Wildman–Crippen MR) is 59.5 cm³/mol. The lowest BCUT2D eigenvalue weighted by molar-refractivity contribution is 0.688. The van der Waals surface area contributed by atoms with Crippen molar-refractivity contribution < 1.29 is 0 Å². The Bertz CT molecular complexity index is 465. The summed E-state index contributed by atoms with van der Waals surface area (Å²) in [6, 6.07) is 7.53. The Kier molecular flexibility index (Phi) is 2.79.